The van der Waals surface area contributed by atoms with Crippen LogP contribution in [0, 0.1) is 47.0 Å². The first-order chi connectivity index (χ1) is 22.3. The van der Waals surface area contributed by atoms with Crippen LogP contribution >= 0.6 is 0 Å². The Morgan fingerprint density at radius 3 is 0.761 bits per heavy atom. The maximum Gasteiger partial charge on any atom is 1.00 e. The average Bonchev–Trinajstić information content (AvgIpc) is 3.09. The van der Waals surface area contributed by atoms with Crippen molar-refractivity contribution in [3.05, 3.63) is 144 Å². The number of unbranched alkanes of at least 4 members (excludes halogenated alkanes) is 4. The van der Waals surface area contributed by atoms with Crippen LogP contribution in [0.15, 0.2) is 121 Å². The van der Waals surface area contributed by atoms with Crippen LogP contribution in [-0.4, -0.2) is 6.15 Å². The van der Waals surface area contributed by atoms with E-state index in [1.807, 2.05) is 0 Å². The van der Waals surface area contributed by atoms with Crippen LogP contribution in [0.2, 0.25) is 0 Å². The van der Waals surface area contributed by atoms with Gasteiger partial charge in [-0.15, -0.1) is 23.7 Å². The summed E-state index contributed by atoms with van der Waals surface area (Å²) in [6.45, 7) is 0. The molecule has 0 amide bonds. The smallest absolute Gasteiger partial charge is 0.270 e. The Bertz CT molecular complexity index is 1390. The summed E-state index contributed by atoms with van der Waals surface area (Å²) in [5.41, 5.74) is 5.41. The topological polar surface area (TPSA) is 0 Å². The molecule has 0 aromatic heterocycles. The van der Waals surface area contributed by atoms with Gasteiger partial charge in [-0.25, -0.2) is 0 Å². The van der Waals surface area contributed by atoms with E-state index in [2.05, 4.69) is 168 Å². The van der Waals surface area contributed by atoms with Gasteiger partial charge in [0.2, 0.25) is 0 Å². The van der Waals surface area contributed by atoms with Crippen molar-refractivity contribution >= 4 is 6.15 Å². The van der Waals surface area contributed by atoms with Crippen LogP contribution < -0.4 is 18.9 Å². The van der Waals surface area contributed by atoms with Crippen LogP contribution in [0.5, 0.6) is 0 Å². The normalized spacial score (nSPS) is 9.91. The third-order valence-corrected chi connectivity index (χ3v) is 7.71. The SMILES string of the molecule is C(#C[B-](C#CCCCc1ccccc1)(C#CCCCc1ccccc1)C#CCCCc1ccccc1)CCCc1ccccc1.[Li+]. The molecule has 0 spiro atoms. The second-order valence-corrected chi connectivity index (χ2v) is 11.5. The monoisotopic (exact) mass is 590 g/mol. The summed E-state index contributed by atoms with van der Waals surface area (Å²) in [5.74, 6) is 28.0. The van der Waals surface area contributed by atoms with Crippen LogP contribution in [0.4, 0.5) is 0 Å². The van der Waals surface area contributed by atoms with E-state index >= 15 is 0 Å². The van der Waals surface area contributed by atoms with Crippen molar-refractivity contribution in [2.24, 2.45) is 0 Å². The predicted molar refractivity (Wildman–Crippen MR) is 194 cm³/mol. The fourth-order valence-electron chi connectivity index (χ4n) is 5.22. The minimum Gasteiger partial charge on any atom is -0.270 e. The molecule has 0 unspecified atom stereocenters. The van der Waals surface area contributed by atoms with Gasteiger partial charge in [0.25, 0.3) is 6.15 Å². The molecule has 0 saturated carbocycles. The summed E-state index contributed by atoms with van der Waals surface area (Å²) < 4.78 is 0. The van der Waals surface area contributed by atoms with Gasteiger partial charge in [0.1, 0.15) is 0 Å². The molecule has 0 bridgehead atoms. The van der Waals surface area contributed by atoms with Crippen molar-refractivity contribution in [3.8, 4) is 47.0 Å². The molecule has 4 rings (SSSR count). The van der Waals surface area contributed by atoms with Gasteiger partial charge in [0, 0.05) is 25.7 Å². The van der Waals surface area contributed by atoms with Crippen molar-refractivity contribution in [1.82, 2.24) is 0 Å². The predicted octanol–water partition coefficient (Wildman–Crippen LogP) is 6.70. The van der Waals surface area contributed by atoms with E-state index in [4.69, 9.17) is 0 Å². The molecule has 46 heavy (non-hydrogen) atoms. The third-order valence-electron chi connectivity index (χ3n) is 7.71. The van der Waals surface area contributed by atoms with E-state index in [9.17, 15) is 0 Å². The zero-order chi connectivity index (χ0) is 31.1. The van der Waals surface area contributed by atoms with Gasteiger partial charge in [-0.05, 0) is 73.6 Å². The van der Waals surface area contributed by atoms with E-state index in [0.29, 0.717) is 0 Å². The second-order valence-electron chi connectivity index (χ2n) is 11.5. The van der Waals surface area contributed by atoms with E-state index in [0.717, 1.165) is 77.0 Å². The maximum absolute atomic E-state index is 3.54. The van der Waals surface area contributed by atoms with Gasteiger partial charge in [-0.2, -0.15) is 0 Å². The van der Waals surface area contributed by atoms with E-state index < -0.39 is 6.15 Å². The molecule has 0 atom stereocenters. The van der Waals surface area contributed by atoms with Gasteiger partial charge in [0.15, 0.2) is 0 Å². The number of hydrogen-bond donors (Lipinski definition) is 0. The second kappa shape index (κ2) is 22.3. The molecule has 0 heterocycles. The Balaban J connectivity index is 0.00000576. The van der Waals surface area contributed by atoms with Crippen molar-refractivity contribution in [1.29, 1.82) is 0 Å². The fraction of sp³-hybridized carbons (Fsp3) is 0.273. The van der Waals surface area contributed by atoms with Crippen molar-refractivity contribution in [3.63, 3.8) is 0 Å². The van der Waals surface area contributed by atoms with E-state index in [1.165, 1.54) is 22.3 Å². The first-order valence-corrected chi connectivity index (χ1v) is 16.6. The molecule has 0 fully saturated rings. The molecule has 0 nitrogen and oxygen atoms in total. The summed E-state index contributed by atoms with van der Waals surface area (Å²) in [4.78, 5) is 0. The van der Waals surface area contributed by atoms with Crippen LogP contribution in [0.25, 0.3) is 0 Å². The molecule has 0 radical (unpaired) electrons. The molecule has 0 saturated heterocycles. The van der Waals surface area contributed by atoms with Gasteiger partial charge in [-0.3, -0.25) is 23.3 Å². The average molecular weight is 591 g/mol. The zero-order valence-corrected chi connectivity index (χ0v) is 27.6. The molecule has 224 valence electrons. The first kappa shape index (κ1) is 36.3. The summed E-state index contributed by atoms with van der Waals surface area (Å²) in [7, 11) is 0. The van der Waals surface area contributed by atoms with Crippen LogP contribution in [0.1, 0.15) is 73.6 Å². The molecule has 0 aliphatic carbocycles. The number of hydrogen-bond acceptors (Lipinski definition) is 0. The van der Waals surface area contributed by atoms with E-state index in [1.54, 1.807) is 0 Å². The van der Waals surface area contributed by atoms with Crippen LogP contribution in [0.3, 0.4) is 0 Å². The summed E-state index contributed by atoms with van der Waals surface area (Å²) in [6, 6.07) is 42.5. The van der Waals surface area contributed by atoms with Gasteiger partial charge >= 0.3 is 18.9 Å². The Kier molecular flexibility index (Phi) is 17.6. The third kappa shape index (κ3) is 14.7. The largest absolute Gasteiger partial charge is 1.00 e. The molecule has 4 aromatic rings. The van der Waals surface area contributed by atoms with E-state index in [-0.39, 0.29) is 18.9 Å². The minimum absolute atomic E-state index is 0. The standard InChI is InChI=1S/C44H44B.Li/c1-9-25-41(26-10-1)33-17-5-21-37-45(38-22-6-18-34-42-27-11-2-12-28-42,39-23-7-19-35-43-29-13-3-14-30-43)40-24-8-20-36-44-31-15-4-16-32-44;/h1-4,9-16,25-32H,5-8,17-20,33-36H2;/q-1;+1. The van der Waals surface area contributed by atoms with Crippen LogP contribution in [-0.2, 0) is 25.7 Å². The Morgan fingerprint density at radius 2 is 0.543 bits per heavy atom. The number of aryl methyl sites for hydroxylation is 4. The van der Waals surface area contributed by atoms with Crippen molar-refractivity contribution in [2.45, 2.75) is 77.0 Å². The first-order valence-electron chi connectivity index (χ1n) is 16.6. The summed E-state index contributed by atoms with van der Waals surface area (Å²) in [5, 5.41) is 0. The summed E-state index contributed by atoms with van der Waals surface area (Å²) >= 11 is 0. The minimum atomic E-state index is -1.75. The molecule has 2 heteroatoms. The molecule has 4 aromatic carbocycles. The molecular weight excluding hydrogens is 546 g/mol. The Labute approximate surface area is 291 Å². The van der Waals surface area contributed by atoms with Gasteiger partial charge in [0.05, 0.1) is 0 Å². The maximum atomic E-state index is 3.54. The van der Waals surface area contributed by atoms with Crippen molar-refractivity contribution in [2.75, 3.05) is 0 Å². The molecule has 0 N–H and O–H groups in total. The van der Waals surface area contributed by atoms with Crippen molar-refractivity contribution < 1.29 is 18.9 Å². The molecule has 0 aliphatic rings. The Hall–Kier alpha value is -4.22. The van der Waals surface area contributed by atoms with Gasteiger partial charge < -0.3 is 0 Å². The molecular formula is C44H44BLi. The molecule has 0 aliphatic heterocycles. The summed E-state index contributed by atoms with van der Waals surface area (Å²) in [6.07, 6.45) is 9.70. The quantitative estimate of drug-likeness (QED) is 0.0979. The number of rotatable bonds is 12. The van der Waals surface area contributed by atoms with Gasteiger partial charge in [-0.1, -0.05) is 121 Å². The Morgan fingerprint density at radius 1 is 0.326 bits per heavy atom. The number of benzene rings is 4. The zero-order valence-electron chi connectivity index (χ0n) is 27.6. The fourth-order valence-corrected chi connectivity index (χ4v) is 5.22.